The third kappa shape index (κ3) is 5.63. The molecule has 3 N–H and O–H groups in total. The van der Waals surface area contributed by atoms with Crippen molar-refractivity contribution in [1.29, 1.82) is 0 Å². The number of hydrogen-bond acceptors (Lipinski definition) is 4. The summed E-state index contributed by atoms with van der Waals surface area (Å²) in [5, 5.41) is 8.53. The lowest BCUT2D eigenvalue weighted by Crippen LogP contribution is -2.47. The van der Waals surface area contributed by atoms with Crippen LogP contribution in [0.25, 0.3) is 0 Å². The van der Waals surface area contributed by atoms with Gasteiger partial charge >= 0.3 is 6.03 Å². The molecule has 0 aromatic heterocycles. The van der Waals surface area contributed by atoms with Crippen molar-refractivity contribution in [2.45, 2.75) is 44.6 Å². The van der Waals surface area contributed by atoms with Gasteiger partial charge in [0.25, 0.3) is 0 Å². The Morgan fingerprint density at radius 2 is 1.90 bits per heavy atom. The predicted octanol–water partition coefficient (Wildman–Crippen LogP) is 0.686. The summed E-state index contributed by atoms with van der Waals surface area (Å²) in [6, 6.07) is -0.101. The maximum atomic E-state index is 11.9. The van der Waals surface area contributed by atoms with Gasteiger partial charge in [-0.1, -0.05) is 19.3 Å². The van der Waals surface area contributed by atoms with Gasteiger partial charge in [0.1, 0.15) is 0 Å². The lowest BCUT2D eigenvalue weighted by atomic mass is 9.96. The number of imide groups is 1. The monoisotopic (exact) mass is 296 g/mol. The quantitative estimate of drug-likeness (QED) is 0.698. The van der Waals surface area contributed by atoms with Crippen molar-refractivity contribution in [3.05, 3.63) is 0 Å². The van der Waals surface area contributed by atoms with Gasteiger partial charge in [0.2, 0.25) is 5.91 Å². The second kappa shape index (κ2) is 8.34. The van der Waals surface area contributed by atoms with Gasteiger partial charge in [-0.15, -0.1) is 0 Å². The standard InChI is InChI=1S/C15H28N4O2/c1-16-9-12-7-8-19(10-12)11-14(20)18-15(21)17-13-5-3-2-4-6-13/h12-13,16H,2-11H2,1H3,(H2,17,18,20,21). The highest BCUT2D eigenvalue weighted by atomic mass is 16.2. The summed E-state index contributed by atoms with van der Waals surface area (Å²) in [5.74, 6) is 0.410. The maximum absolute atomic E-state index is 11.9. The molecule has 1 unspecified atom stereocenters. The molecule has 0 aromatic carbocycles. The summed E-state index contributed by atoms with van der Waals surface area (Å²) < 4.78 is 0. The summed E-state index contributed by atoms with van der Waals surface area (Å²) >= 11 is 0. The average Bonchev–Trinajstić information content (AvgIpc) is 2.87. The first kappa shape index (κ1) is 16.2. The van der Waals surface area contributed by atoms with Crippen LogP contribution in [0.5, 0.6) is 0 Å². The molecule has 1 aliphatic heterocycles. The van der Waals surface area contributed by atoms with E-state index in [-0.39, 0.29) is 18.0 Å². The van der Waals surface area contributed by atoms with Crippen molar-refractivity contribution in [2.75, 3.05) is 33.2 Å². The zero-order valence-corrected chi connectivity index (χ0v) is 13.0. The molecule has 2 fully saturated rings. The molecule has 6 nitrogen and oxygen atoms in total. The van der Waals surface area contributed by atoms with E-state index in [4.69, 9.17) is 0 Å². The number of carbonyl (C=O) groups excluding carboxylic acids is 2. The number of urea groups is 1. The number of hydrogen-bond donors (Lipinski definition) is 3. The number of rotatable bonds is 5. The molecule has 0 bridgehead atoms. The summed E-state index contributed by atoms with van der Waals surface area (Å²) in [7, 11) is 1.95. The van der Waals surface area contributed by atoms with Crippen molar-refractivity contribution >= 4 is 11.9 Å². The first-order valence-electron chi connectivity index (χ1n) is 8.14. The molecule has 2 rings (SSSR count). The second-order valence-corrected chi connectivity index (χ2v) is 6.30. The normalized spacial score (nSPS) is 24.0. The number of carbonyl (C=O) groups is 2. The van der Waals surface area contributed by atoms with Gasteiger partial charge in [0, 0.05) is 12.6 Å². The minimum atomic E-state index is -0.335. The van der Waals surface area contributed by atoms with E-state index in [9.17, 15) is 9.59 Å². The highest BCUT2D eigenvalue weighted by Crippen LogP contribution is 2.17. The van der Waals surface area contributed by atoms with Crippen LogP contribution in [0.2, 0.25) is 0 Å². The van der Waals surface area contributed by atoms with Gasteiger partial charge in [-0.25, -0.2) is 4.79 Å². The third-order valence-corrected chi connectivity index (χ3v) is 4.42. The number of nitrogens with zero attached hydrogens (tertiary/aromatic N) is 1. The molecule has 0 aromatic rings. The topological polar surface area (TPSA) is 73.5 Å². The van der Waals surface area contributed by atoms with Gasteiger partial charge in [0.05, 0.1) is 6.54 Å². The number of likely N-dealkylation sites (tertiary alicyclic amines) is 1. The van der Waals surface area contributed by atoms with Crippen LogP contribution in [0, 0.1) is 5.92 Å². The molecule has 0 spiro atoms. The Bertz CT molecular complexity index is 356. The summed E-state index contributed by atoms with van der Waals surface area (Å²) in [5.41, 5.74) is 0. The van der Waals surface area contributed by atoms with Crippen molar-refractivity contribution in [2.24, 2.45) is 5.92 Å². The van der Waals surface area contributed by atoms with Gasteiger partial charge in [-0.05, 0) is 45.3 Å². The van der Waals surface area contributed by atoms with E-state index in [2.05, 4.69) is 20.9 Å². The average molecular weight is 296 g/mol. The van der Waals surface area contributed by atoms with Crippen molar-refractivity contribution in [1.82, 2.24) is 20.9 Å². The molecule has 1 saturated carbocycles. The lowest BCUT2D eigenvalue weighted by molar-refractivity contribution is -0.120. The van der Waals surface area contributed by atoms with Crippen LogP contribution < -0.4 is 16.0 Å². The molecule has 6 heteroatoms. The molecular formula is C15H28N4O2. The van der Waals surface area contributed by atoms with Gasteiger partial charge in [0.15, 0.2) is 0 Å². The Morgan fingerprint density at radius 1 is 1.14 bits per heavy atom. The van der Waals surface area contributed by atoms with Gasteiger partial charge < -0.3 is 10.6 Å². The first-order valence-corrected chi connectivity index (χ1v) is 8.14. The van der Waals surface area contributed by atoms with Crippen LogP contribution in [0.15, 0.2) is 0 Å². The maximum Gasteiger partial charge on any atom is 0.321 e. The number of amides is 3. The predicted molar refractivity (Wildman–Crippen MR) is 82.0 cm³/mol. The van der Waals surface area contributed by atoms with E-state index in [0.29, 0.717) is 12.5 Å². The molecule has 1 aliphatic carbocycles. The number of nitrogens with one attached hydrogen (secondary N) is 3. The Morgan fingerprint density at radius 3 is 2.62 bits per heavy atom. The molecule has 1 atom stereocenters. The fourth-order valence-corrected chi connectivity index (χ4v) is 3.35. The Hall–Kier alpha value is -1.14. The molecule has 21 heavy (non-hydrogen) atoms. The van der Waals surface area contributed by atoms with Crippen molar-refractivity contribution in [3.8, 4) is 0 Å². The van der Waals surface area contributed by atoms with Crippen LogP contribution in [0.4, 0.5) is 4.79 Å². The van der Waals surface area contributed by atoms with E-state index >= 15 is 0 Å². The van der Waals surface area contributed by atoms with Gasteiger partial charge in [-0.3, -0.25) is 15.0 Å². The highest BCUT2D eigenvalue weighted by Gasteiger charge is 2.24. The fraction of sp³-hybridized carbons (Fsp3) is 0.867. The van der Waals surface area contributed by atoms with Crippen LogP contribution >= 0.6 is 0 Å². The highest BCUT2D eigenvalue weighted by molar-refractivity contribution is 5.95. The van der Waals surface area contributed by atoms with E-state index in [1.807, 2.05) is 7.05 Å². The van der Waals surface area contributed by atoms with E-state index in [0.717, 1.165) is 38.9 Å². The zero-order valence-electron chi connectivity index (χ0n) is 13.0. The van der Waals surface area contributed by atoms with Crippen LogP contribution in [-0.4, -0.2) is 56.1 Å². The minimum Gasteiger partial charge on any atom is -0.335 e. The molecule has 1 saturated heterocycles. The largest absolute Gasteiger partial charge is 0.335 e. The Kier molecular flexibility index (Phi) is 6.45. The smallest absolute Gasteiger partial charge is 0.321 e. The molecule has 120 valence electrons. The molecular weight excluding hydrogens is 268 g/mol. The van der Waals surface area contributed by atoms with Gasteiger partial charge in [-0.2, -0.15) is 0 Å². The molecule has 1 heterocycles. The van der Waals surface area contributed by atoms with Crippen LogP contribution in [-0.2, 0) is 4.79 Å². The lowest BCUT2D eigenvalue weighted by Gasteiger charge is -2.23. The summed E-state index contributed by atoms with van der Waals surface area (Å²) in [6.45, 7) is 3.17. The van der Waals surface area contributed by atoms with E-state index in [1.54, 1.807) is 0 Å². The summed E-state index contributed by atoms with van der Waals surface area (Å²) in [6.07, 6.45) is 6.75. The first-order chi connectivity index (χ1) is 10.2. The SMILES string of the molecule is CNCC1CCN(CC(=O)NC(=O)NC2CCCCC2)C1. The second-order valence-electron chi connectivity index (χ2n) is 6.30. The van der Waals surface area contributed by atoms with Crippen molar-refractivity contribution < 1.29 is 9.59 Å². The fourth-order valence-electron chi connectivity index (χ4n) is 3.35. The Labute approximate surface area is 127 Å². The zero-order chi connectivity index (χ0) is 15.1. The summed E-state index contributed by atoms with van der Waals surface area (Å²) in [4.78, 5) is 25.8. The van der Waals surface area contributed by atoms with Crippen molar-refractivity contribution in [3.63, 3.8) is 0 Å². The van der Waals surface area contributed by atoms with E-state index in [1.165, 1.54) is 19.3 Å². The van der Waals surface area contributed by atoms with E-state index < -0.39 is 0 Å². The molecule has 0 radical (unpaired) electrons. The Balaban J connectivity index is 1.63. The third-order valence-electron chi connectivity index (χ3n) is 4.42. The molecule has 2 aliphatic rings. The molecule has 3 amide bonds. The van der Waals surface area contributed by atoms with Crippen LogP contribution in [0.1, 0.15) is 38.5 Å². The minimum absolute atomic E-state index is 0.201. The van der Waals surface area contributed by atoms with Crippen LogP contribution in [0.3, 0.4) is 0 Å².